The summed E-state index contributed by atoms with van der Waals surface area (Å²) in [7, 11) is 1.88. The third-order valence-electron chi connectivity index (χ3n) is 4.97. The number of nitrogens with zero attached hydrogens (tertiary/aromatic N) is 1. The van der Waals surface area contributed by atoms with E-state index in [9.17, 15) is 4.79 Å². The van der Waals surface area contributed by atoms with Crippen molar-refractivity contribution >= 4 is 23.4 Å². The molecule has 0 aliphatic rings. The molecule has 1 atom stereocenters. The molecule has 2 N–H and O–H groups in total. The molecule has 5 heteroatoms. The number of thioether (sulfide) groups is 1. The van der Waals surface area contributed by atoms with Gasteiger partial charge in [0.15, 0.2) is 0 Å². The summed E-state index contributed by atoms with van der Waals surface area (Å²) in [4.78, 5) is 17.8. The van der Waals surface area contributed by atoms with Gasteiger partial charge < -0.3 is 10.6 Å². The van der Waals surface area contributed by atoms with Crippen LogP contribution < -0.4 is 10.6 Å². The smallest absolute Gasteiger partial charge is 0.251 e. The van der Waals surface area contributed by atoms with E-state index in [1.54, 1.807) is 17.2 Å². The monoisotopic (exact) mass is 435 g/mol. The fourth-order valence-corrected chi connectivity index (χ4v) is 3.64. The maximum absolute atomic E-state index is 13.0. The minimum atomic E-state index is -0.0821. The normalized spacial score (nSPS) is 12.9. The molecule has 0 aliphatic carbocycles. The lowest BCUT2D eigenvalue weighted by atomic mass is 9.95. The van der Waals surface area contributed by atoms with Crippen molar-refractivity contribution in [3.05, 3.63) is 94.0 Å². The standard InChI is InChI=1S/C26H33N3OS/c1-6-11-23(27-5)25-17-22(26(30)28-15-14-19(3)18-31-7-2)16-24(29-25)20(4)21-12-9-8-10-13-21/h7-13,16-18,20,27H,2,6,14-15H2,1,3-5H3,(H,28,30)/b19-18+,23-11-. The molecule has 164 valence electrons. The van der Waals surface area contributed by atoms with E-state index in [2.05, 4.69) is 61.6 Å². The van der Waals surface area contributed by atoms with E-state index < -0.39 is 0 Å². The third kappa shape index (κ3) is 7.44. The zero-order valence-corrected chi connectivity index (χ0v) is 19.8. The van der Waals surface area contributed by atoms with Gasteiger partial charge >= 0.3 is 0 Å². The van der Waals surface area contributed by atoms with Gasteiger partial charge in [-0.25, -0.2) is 0 Å². The van der Waals surface area contributed by atoms with E-state index in [1.807, 2.05) is 37.4 Å². The first kappa shape index (κ1) is 24.5. The molecule has 0 radical (unpaired) electrons. The summed E-state index contributed by atoms with van der Waals surface area (Å²) in [5.74, 6) is -0.00479. The quantitative estimate of drug-likeness (QED) is 0.447. The maximum atomic E-state index is 13.0. The Bertz CT molecular complexity index is 935. The van der Waals surface area contributed by atoms with Crippen molar-refractivity contribution in [1.82, 2.24) is 15.6 Å². The predicted octanol–water partition coefficient (Wildman–Crippen LogP) is 6.10. The van der Waals surface area contributed by atoms with Crippen molar-refractivity contribution in [2.45, 2.75) is 39.5 Å². The van der Waals surface area contributed by atoms with Crippen molar-refractivity contribution in [3.8, 4) is 0 Å². The van der Waals surface area contributed by atoms with Gasteiger partial charge in [0, 0.05) is 30.8 Å². The molecule has 31 heavy (non-hydrogen) atoms. The van der Waals surface area contributed by atoms with Crippen molar-refractivity contribution in [2.24, 2.45) is 0 Å². The topological polar surface area (TPSA) is 54.0 Å². The van der Waals surface area contributed by atoms with E-state index in [1.165, 1.54) is 11.1 Å². The van der Waals surface area contributed by atoms with Crippen LogP contribution in [0.5, 0.6) is 0 Å². The lowest BCUT2D eigenvalue weighted by Gasteiger charge is -2.16. The SMILES string of the molecule is C=CS/C=C(\C)CCNC(=O)c1cc(/C(=C/CC)NC)nc(C(C)c2ccccc2)c1. The highest BCUT2D eigenvalue weighted by Crippen LogP contribution is 2.25. The fourth-order valence-electron chi connectivity index (χ4n) is 3.19. The number of hydrogen-bond acceptors (Lipinski definition) is 4. The second-order valence-corrected chi connectivity index (χ2v) is 8.19. The molecule has 4 nitrogen and oxygen atoms in total. The molecule has 2 aromatic rings. The molecule has 1 aromatic heterocycles. The number of nitrogens with one attached hydrogen (secondary N) is 2. The molecule has 0 fully saturated rings. The van der Waals surface area contributed by atoms with Crippen LogP contribution in [0.4, 0.5) is 0 Å². The van der Waals surface area contributed by atoms with Gasteiger partial charge in [-0.15, -0.1) is 11.8 Å². The van der Waals surface area contributed by atoms with Gasteiger partial charge in [-0.05, 0) is 48.3 Å². The number of aromatic nitrogens is 1. The second kappa shape index (κ2) is 12.8. The third-order valence-corrected chi connectivity index (χ3v) is 5.71. The van der Waals surface area contributed by atoms with Crippen LogP contribution in [-0.2, 0) is 0 Å². The van der Waals surface area contributed by atoms with E-state index in [0.717, 1.165) is 29.9 Å². The summed E-state index contributed by atoms with van der Waals surface area (Å²) in [6.45, 7) is 10.6. The molecule has 0 bridgehead atoms. The number of allylic oxidation sites excluding steroid dienone is 1. The van der Waals surface area contributed by atoms with Crippen LogP contribution >= 0.6 is 11.8 Å². The average molecular weight is 436 g/mol. The number of carbonyl (C=O) groups excluding carboxylic acids is 1. The number of amides is 1. The van der Waals surface area contributed by atoms with Crippen LogP contribution in [0.3, 0.4) is 0 Å². The van der Waals surface area contributed by atoms with Crippen LogP contribution in [-0.4, -0.2) is 24.5 Å². The zero-order chi connectivity index (χ0) is 22.6. The first-order chi connectivity index (χ1) is 15.0. The average Bonchev–Trinajstić information content (AvgIpc) is 2.80. The van der Waals surface area contributed by atoms with E-state index in [-0.39, 0.29) is 11.8 Å². The lowest BCUT2D eigenvalue weighted by molar-refractivity contribution is 0.0954. The Hall–Kier alpha value is -2.79. The Kier molecular flexibility index (Phi) is 10.1. The second-order valence-electron chi connectivity index (χ2n) is 7.35. The number of carbonyl (C=O) groups is 1. The summed E-state index contributed by atoms with van der Waals surface area (Å²) >= 11 is 1.55. The Morgan fingerprint density at radius 2 is 2.00 bits per heavy atom. The highest BCUT2D eigenvalue weighted by Gasteiger charge is 2.16. The number of rotatable bonds is 11. The fraction of sp³-hybridized carbons (Fsp3) is 0.308. The van der Waals surface area contributed by atoms with Gasteiger partial charge in [-0.1, -0.05) is 62.4 Å². The first-order valence-electron chi connectivity index (χ1n) is 10.7. The van der Waals surface area contributed by atoms with E-state index >= 15 is 0 Å². The molecule has 1 heterocycles. The summed E-state index contributed by atoms with van der Waals surface area (Å²) in [5.41, 5.74) is 5.60. The summed E-state index contributed by atoms with van der Waals surface area (Å²) in [6.07, 6.45) is 3.77. The molecular formula is C26H33N3OS. The summed E-state index contributed by atoms with van der Waals surface area (Å²) in [5, 5.41) is 10.1. The van der Waals surface area contributed by atoms with Crippen molar-refractivity contribution in [2.75, 3.05) is 13.6 Å². The Morgan fingerprint density at radius 3 is 2.65 bits per heavy atom. The molecule has 2 rings (SSSR count). The minimum absolute atomic E-state index is 0.0774. The summed E-state index contributed by atoms with van der Waals surface area (Å²) < 4.78 is 0. The van der Waals surface area contributed by atoms with Crippen LogP contribution in [0.2, 0.25) is 0 Å². The molecule has 0 spiro atoms. The number of benzene rings is 1. The summed E-state index contributed by atoms with van der Waals surface area (Å²) in [6, 6.07) is 14.0. The Balaban J connectivity index is 2.31. The van der Waals surface area contributed by atoms with Crippen LogP contribution in [0.25, 0.3) is 5.70 Å². The zero-order valence-electron chi connectivity index (χ0n) is 18.9. The van der Waals surface area contributed by atoms with Crippen LogP contribution in [0.1, 0.15) is 66.8 Å². The van der Waals surface area contributed by atoms with Crippen LogP contribution in [0.15, 0.2) is 71.5 Å². The van der Waals surface area contributed by atoms with Gasteiger partial charge in [-0.2, -0.15) is 0 Å². The van der Waals surface area contributed by atoms with Crippen molar-refractivity contribution in [3.63, 3.8) is 0 Å². The van der Waals surface area contributed by atoms with Gasteiger partial charge in [-0.3, -0.25) is 9.78 Å². The first-order valence-corrected chi connectivity index (χ1v) is 11.6. The molecule has 0 saturated heterocycles. The van der Waals surface area contributed by atoms with Gasteiger partial charge in [0.2, 0.25) is 0 Å². The molecule has 0 saturated carbocycles. The highest BCUT2D eigenvalue weighted by molar-refractivity contribution is 8.04. The molecule has 0 aliphatic heterocycles. The van der Waals surface area contributed by atoms with Crippen molar-refractivity contribution in [1.29, 1.82) is 0 Å². The minimum Gasteiger partial charge on any atom is -0.387 e. The maximum Gasteiger partial charge on any atom is 0.251 e. The van der Waals surface area contributed by atoms with E-state index in [0.29, 0.717) is 12.1 Å². The Morgan fingerprint density at radius 1 is 1.26 bits per heavy atom. The van der Waals surface area contributed by atoms with E-state index in [4.69, 9.17) is 4.98 Å². The van der Waals surface area contributed by atoms with Crippen molar-refractivity contribution < 1.29 is 4.79 Å². The van der Waals surface area contributed by atoms with Crippen LogP contribution in [0, 0.1) is 0 Å². The van der Waals surface area contributed by atoms with Gasteiger partial charge in [0.1, 0.15) is 0 Å². The number of hydrogen-bond donors (Lipinski definition) is 2. The molecule has 1 amide bonds. The molecular weight excluding hydrogens is 402 g/mol. The largest absolute Gasteiger partial charge is 0.387 e. The molecule has 1 aromatic carbocycles. The molecule has 1 unspecified atom stereocenters. The highest BCUT2D eigenvalue weighted by atomic mass is 32.2. The van der Waals surface area contributed by atoms with Gasteiger partial charge in [0.25, 0.3) is 5.91 Å². The lowest BCUT2D eigenvalue weighted by Crippen LogP contribution is -2.25. The predicted molar refractivity (Wildman–Crippen MR) is 134 cm³/mol. The Labute approximate surface area is 190 Å². The number of pyridine rings is 1. The van der Waals surface area contributed by atoms with Gasteiger partial charge in [0.05, 0.1) is 11.4 Å².